The van der Waals surface area contributed by atoms with Gasteiger partial charge in [-0.1, -0.05) is 30.3 Å². The molecule has 0 saturated heterocycles. The van der Waals surface area contributed by atoms with Crippen molar-refractivity contribution in [3.8, 4) is 0 Å². The van der Waals surface area contributed by atoms with E-state index >= 15 is 0 Å². The van der Waals surface area contributed by atoms with Crippen LogP contribution in [0.4, 0.5) is 14.5 Å². The molecule has 0 aliphatic carbocycles. The van der Waals surface area contributed by atoms with Crippen molar-refractivity contribution >= 4 is 5.69 Å². The van der Waals surface area contributed by atoms with Crippen LogP contribution in [-0.2, 0) is 13.1 Å². The highest BCUT2D eigenvalue weighted by Crippen LogP contribution is 2.16. The van der Waals surface area contributed by atoms with Crippen molar-refractivity contribution in [2.24, 2.45) is 0 Å². The average molecular weight is 262 g/mol. The van der Waals surface area contributed by atoms with Gasteiger partial charge in [-0.15, -0.1) is 0 Å². The monoisotopic (exact) mass is 262 g/mol. The third-order valence-electron chi connectivity index (χ3n) is 2.97. The Hall–Kier alpha value is -1.94. The molecule has 2 aromatic rings. The summed E-state index contributed by atoms with van der Waals surface area (Å²) in [7, 11) is 1.84. The molecule has 2 rings (SSSR count). The number of hydrogen-bond donors (Lipinski definition) is 1. The molecule has 0 aliphatic heterocycles. The Bertz CT molecular complexity index is 570. The quantitative estimate of drug-likeness (QED) is 0.857. The molecule has 0 atom stereocenters. The summed E-state index contributed by atoms with van der Waals surface area (Å²) in [6, 6.07) is 11.7. The first-order chi connectivity index (χ1) is 9.08. The van der Waals surface area contributed by atoms with Crippen molar-refractivity contribution in [3.05, 3.63) is 65.2 Å². The zero-order valence-corrected chi connectivity index (χ0v) is 10.7. The first-order valence-electron chi connectivity index (χ1n) is 6.02. The smallest absolute Gasteiger partial charge is 0.163 e. The second kappa shape index (κ2) is 5.80. The normalized spacial score (nSPS) is 10.9. The number of rotatable bonds is 4. The number of hydrogen-bond acceptors (Lipinski definition) is 2. The Balaban J connectivity index is 2.08. The topological polar surface area (TPSA) is 29.3 Å². The van der Waals surface area contributed by atoms with Gasteiger partial charge in [0.05, 0.1) is 0 Å². The summed E-state index contributed by atoms with van der Waals surface area (Å²) in [5.41, 5.74) is 7.88. The summed E-state index contributed by atoms with van der Waals surface area (Å²) in [6.45, 7) is 0.917. The number of nitrogens with zero attached hydrogens (tertiary/aromatic N) is 1. The van der Waals surface area contributed by atoms with E-state index in [0.29, 0.717) is 24.3 Å². The molecule has 0 aromatic heterocycles. The van der Waals surface area contributed by atoms with Crippen LogP contribution in [0.2, 0.25) is 0 Å². The Morgan fingerprint density at radius 3 is 2.32 bits per heavy atom. The minimum absolute atomic E-state index is 0.331. The van der Waals surface area contributed by atoms with E-state index in [4.69, 9.17) is 5.73 Å². The van der Waals surface area contributed by atoms with Crippen LogP contribution in [0.15, 0.2) is 42.5 Å². The van der Waals surface area contributed by atoms with Gasteiger partial charge in [-0.3, -0.25) is 4.90 Å². The van der Waals surface area contributed by atoms with E-state index in [9.17, 15) is 8.78 Å². The van der Waals surface area contributed by atoms with E-state index in [1.54, 1.807) is 6.07 Å². The molecule has 2 aromatic carbocycles. The van der Waals surface area contributed by atoms with Gasteiger partial charge < -0.3 is 5.73 Å². The fourth-order valence-electron chi connectivity index (χ4n) is 1.99. The van der Waals surface area contributed by atoms with Crippen molar-refractivity contribution in [2.45, 2.75) is 13.1 Å². The van der Waals surface area contributed by atoms with Gasteiger partial charge in [-0.05, 0) is 24.7 Å². The standard InChI is InChI=1S/C15H16F2N2/c1-19(9-11-5-2-3-8-14(11)18)10-12-6-4-7-13(16)15(12)17/h2-8H,9-10,18H2,1H3. The van der Waals surface area contributed by atoms with E-state index in [2.05, 4.69) is 0 Å². The van der Waals surface area contributed by atoms with Crippen LogP contribution in [0.1, 0.15) is 11.1 Å². The van der Waals surface area contributed by atoms with Crippen molar-refractivity contribution in [3.63, 3.8) is 0 Å². The molecule has 0 unspecified atom stereocenters. The zero-order valence-electron chi connectivity index (χ0n) is 10.7. The lowest BCUT2D eigenvalue weighted by Gasteiger charge is -2.18. The fraction of sp³-hybridized carbons (Fsp3) is 0.200. The maximum absolute atomic E-state index is 13.6. The lowest BCUT2D eigenvalue weighted by molar-refractivity contribution is 0.311. The molecule has 2 N–H and O–H groups in total. The van der Waals surface area contributed by atoms with Gasteiger partial charge in [-0.2, -0.15) is 0 Å². The number of nitrogens with two attached hydrogens (primary N) is 1. The minimum Gasteiger partial charge on any atom is -0.398 e. The van der Waals surface area contributed by atoms with Crippen LogP contribution in [0.3, 0.4) is 0 Å². The SMILES string of the molecule is CN(Cc1ccccc1N)Cc1cccc(F)c1F. The molecule has 0 spiro atoms. The maximum atomic E-state index is 13.6. The van der Waals surface area contributed by atoms with Crippen LogP contribution in [0, 0.1) is 11.6 Å². The molecule has 0 aliphatic rings. The van der Waals surface area contributed by atoms with Crippen molar-refractivity contribution in [1.29, 1.82) is 0 Å². The average Bonchev–Trinajstić information content (AvgIpc) is 2.38. The molecule has 2 nitrogen and oxygen atoms in total. The first kappa shape index (κ1) is 13.5. The van der Waals surface area contributed by atoms with Crippen molar-refractivity contribution in [1.82, 2.24) is 4.90 Å². The van der Waals surface area contributed by atoms with Gasteiger partial charge in [0.1, 0.15) is 0 Å². The predicted octanol–water partition coefficient (Wildman–Crippen LogP) is 3.18. The molecule has 0 heterocycles. The van der Waals surface area contributed by atoms with Gasteiger partial charge in [-0.25, -0.2) is 8.78 Å². The van der Waals surface area contributed by atoms with E-state index in [-0.39, 0.29) is 0 Å². The highest BCUT2D eigenvalue weighted by Gasteiger charge is 2.10. The molecule has 4 heteroatoms. The summed E-state index contributed by atoms with van der Waals surface area (Å²) < 4.78 is 26.7. The molecule has 0 fully saturated rings. The van der Waals surface area contributed by atoms with Gasteiger partial charge in [0.25, 0.3) is 0 Å². The lowest BCUT2D eigenvalue weighted by atomic mass is 10.1. The molecule has 0 radical (unpaired) electrons. The number of nitrogen functional groups attached to an aromatic ring is 1. The third kappa shape index (κ3) is 3.29. The second-order valence-corrected chi connectivity index (χ2v) is 4.58. The van der Waals surface area contributed by atoms with Crippen molar-refractivity contribution in [2.75, 3.05) is 12.8 Å². The van der Waals surface area contributed by atoms with Gasteiger partial charge in [0.15, 0.2) is 11.6 Å². The molecule has 100 valence electrons. The second-order valence-electron chi connectivity index (χ2n) is 4.58. The maximum Gasteiger partial charge on any atom is 0.163 e. The van der Waals surface area contributed by atoms with Crippen LogP contribution in [0.5, 0.6) is 0 Å². The number of para-hydroxylation sites is 1. The van der Waals surface area contributed by atoms with Crippen LogP contribution < -0.4 is 5.73 Å². The predicted molar refractivity (Wildman–Crippen MR) is 72.4 cm³/mol. The fourth-order valence-corrected chi connectivity index (χ4v) is 1.99. The summed E-state index contributed by atoms with van der Waals surface area (Å²) in [4.78, 5) is 1.89. The molecular weight excluding hydrogens is 246 g/mol. The van der Waals surface area contributed by atoms with Crippen LogP contribution in [0.25, 0.3) is 0 Å². The minimum atomic E-state index is -0.815. The Kier molecular flexibility index (Phi) is 4.12. The van der Waals surface area contributed by atoms with Crippen molar-refractivity contribution < 1.29 is 8.78 Å². The largest absolute Gasteiger partial charge is 0.398 e. The molecule has 0 amide bonds. The molecule has 0 bridgehead atoms. The number of anilines is 1. The van der Waals surface area contributed by atoms with E-state index in [1.807, 2.05) is 36.2 Å². The Morgan fingerprint density at radius 2 is 1.58 bits per heavy atom. The summed E-state index contributed by atoms with van der Waals surface area (Å²) in [5.74, 6) is -1.60. The Morgan fingerprint density at radius 1 is 0.947 bits per heavy atom. The van der Waals surface area contributed by atoms with E-state index in [0.717, 1.165) is 11.6 Å². The van der Waals surface area contributed by atoms with Gasteiger partial charge in [0.2, 0.25) is 0 Å². The number of benzene rings is 2. The van der Waals surface area contributed by atoms with E-state index < -0.39 is 11.6 Å². The first-order valence-corrected chi connectivity index (χ1v) is 6.02. The van der Waals surface area contributed by atoms with Crippen LogP contribution >= 0.6 is 0 Å². The molecule has 19 heavy (non-hydrogen) atoms. The van der Waals surface area contributed by atoms with Gasteiger partial charge >= 0.3 is 0 Å². The lowest BCUT2D eigenvalue weighted by Crippen LogP contribution is -2.19. The summed E-state index contributed by atoms with van der Waals surface area (Å²) in [5, 5.41) is 0. The zero-order chi connectivity index (χ0) is 13.8. The van der Waals surface area contributed by atoms with Gasteiger partial charge in [0, 0.05) is 24.3 Å². The molecular formula is C15H16F2N2. The highest BCUT2D eigenvalue weighted by molar-refractivity contribution is 5.46. The summed E-state index contributed by atoms with van der Waals surface area (Å²) in [6.07, 6.45) is 0. The Labute approximate surface area is 111 Å². The summed E-state index contributed by atoms with van der Waals surface area (Å²) >= 11 is 0. The molecule has 0 saturated carbocycles. The third-order valence-corrected chi connectivity index (χ3v) is 2.97. The van der Waals surface area contributed by atoms with E-state index in [1.165, 1.54) is 6.07 Å². The highest BCUT2D eigenvalue weighted by atomic mass is 19.2. The van der Waals surface area contributed by atoms with Crippen LogP contribution in [-0.4, -0.2) is 11.9 Å². The number of halogens is 2.